The summed E-state index contributed by atoms with van der Waals surface area (Å²) in [6.07, 6.45) is 0. The van der Waals surface area contributed by atoms with E-state index in [1.54, 1.807) is 32.4 Å². The van der Waals surface area contributed by atoms with Crippen LogP contribution in [-0.4, -0.2) is 31.0 Å². The van der Waals surface area contributed by atoms with E-state index in [9.17, 15) is 4.79 Å². The maximum absolute atomic E-state index is 11.9. The van der Waals surface area contributed by atoms with Crippen molar-refractivity contribution in [1.29, 1.82) is 0 Å². The highest BCUT2D eigenvalue weighted by Gasteiger charge is 2.08. The lowest BCUT2D eigenvalue weighted by Gasteiger charge is -2.14. The second-order valence-corrected chi connectivity index (χ2v) is 7.07. The topological polar surface area (TPSA) is 71.6 Å². The fourth-order valence-corrected chi connectivity index (χ4v) is 3.11. The first-order valence-electron chi connectivity index (χ1n) is 8.23. The molecule has 0 saturated heterocycles. The van der Waals surface area contributed by atoms with Gasteiger partial charge in [-0.05, 0) is 36.8 Å². The Hall–Kier alpha value is -2.45. The van der Waals surface area contributed by atoms with Gasteiger partial charge in [0.1, 0.15) is 11.5 Å². The summed E-state index contributed by atoms with van der Waals surface area (Å²) in [7, 11) is 3.14. The van der Waals surface area contributed by atoms with Gasteiger partial charge in [0, 0.05) is 11.8 Å². The molecule has 2 aromatic rings. The predicted octanol–water partition coefficient (Wildman–Crippen LogP) is 3.26. The van der Waals surface area contributed by atoms with Crippen LogP contribution in [0.2, 0.25) is 0 Å². The van der Waals surface area contributed by atoms with E-state index in [1.807, 2.05) is 0 Å². The highest BCUT2D eigenvalue weighted by molar-refractivity contribution is 7.99. The minimum Gasteiger partial charge on any atom is -0.497 e. The van der Waals surface area contributed by atoms with Gasteiger partial charge in [0.05, 0.1) is 25.7 Å². The lowest BCUT2D eigenvalue weighted by Crippen LogP contribution is -2.44. The van der Waals surface area contributed by atoms with Crippen molar-refractivity contribution < 1.29 is 14.3 Å². The largest absolute Gasteiger partial charge is 0.497 e. The Balaban J connectivity index is 1.73. The third-order valence-electron chi connectivity index (χ3n) is 3.59. The minimum absolute atomic E-state index is 0.155. The molecule has 1 amide bonds. The van der Waals surface area contributed by atoms with Crippen molar-refractivity contribution in [3.05, 3.63) is 53.6 Å². The standard InChI is InChI=1S/C19H23N3O3S2/c1-13-4-6-14(7-5-13)11-27-12-18(23)21-22-19(26)20-16-9-8-15(24-2)10-17(16)25-3/h4-10H,11-12H2,1-3H3,(H,21,23)(H2,20,22,26). The number of hydrazine groups is 1. The van der Waals surface area contributed by atoms with Gasteiger partial charge in [-0.25, -0.2) is 0 Å². The molecular formula is C19H23N3O3S2. The Bertz CT molecular complexity index is 782. The van der Waals surface area contributed by atoms with E-state index in [1.165, 1.54) is 22.9 Å². The Kier molecular flexibility index (Phi) is 8.22. The Morgan fingerprint density at radius 2 is 1.81 bits per heavy atom. The summed E-state index contributed by atoms with van der Waals surface area (Å²) < 4.78 is 10.5. The number of amides is 1. The van der Waals surface area contributed by atoms with Crippen LogP contribution >= 0.6 is 24.0 Å². The quantitative estimate of drug-likeness (QED) is 0.482. The monoisotopic (exact) mass is 405 g/mol. The summed E-state index contributed by atoms with van der Waals surface area (Å²) in [5.74, 6) is 2.21. The maximum atomic E-state index is 11.9. The van der Waals surface area contributed by atoms with Gasteiger partial charge in [0.2, 0.25) is 5.91 Å². The molecule has 0 aliphatic rings. The summed E-state index contributed by atoms with van der Waals surface area (Å²) in [4.78, 5) is 11.9. The lowest BCUT2D eigenvalue weighted by molar-refractivity contribution is -0.119. The summed E-state index contributed by atoms with van der Waals surface area (Å²) >= 11 is 6.73. The highest BCUT2D eigenvalue weighted by atomic mass is 32.2. The van der Waals surface area contributed by atoms with Crippen molar-refractivity contribution >= 4 is 40.7 Å². The fourth-order valence-electron chi connectivity index (χ4n) is 2.16. The first kappa shape index (κ1) is 20.9. The van der Waals surface area contributed by atoms with Crippen molar-refractivity contribution in [3.8, 4) is 11.5 Å². The molecule has 2 rings (SSSR count). The Labute approximate surface area is 169 Å². The number of hydrogen-bond donors (Lipinski definition) is 3. The summed E-state index contributed by atoms with van der Waals surface area (Å²) in [6.45, 7) is 2.05. The second kappa shape index (κ2) is 10.6. The number of hydrogen-bond acceptors (Lipinski definition) is 5. The van der Waals surface area contributed by atoms with E-state index in [0.717, 1.165) is 5.75 Å². The summed E-state index contributed by atoms with van der Waals surface area (Å²) in [6, 6.07) is 13.6. The van der Waals surface area contributed by atoms with E-state index < -0.39 is 0 Å². The summed E-state index contributed by atoms with van der Waals surface area (Å²) in [5.41, 5.74) is 8.34. The number of aryl methyl sites for hydroxylation is 1. The van der Waals surface area contributed by atoms with E-state index in [-0.39, 0.29) is 11.0 Å². The number of nitrogens with one attached hydrogen (secondary N) is 3. The Morgan fingerprint density at radius 3 is 2.48 bits per heavy atom. The van der Waals surface area contributed by atoms with Crippen LogP contribution in [0, 0.1) is 6.92 Å². The molecule has 0 bridgehead atoms. The highest BCUT2D eigenvalue weighted by Crippen LogP contribution is 2.28. The molecule has 27 heavy (non-hydrogen) atoms. The normalized spacial score (nSPS) is 10.0. The van der Waals surface area contributed by atoms with Gasteiger partial charge in [-0.15, -0.1) is 11.8 Å². The van der Waals surface area contributed by atoms with Crippen molar-refractivity contribution in [2.24, 2.45) is 0 Å². The molecule has 0 saturated carbocycles. The molecule has 0 unspecified atom stereocenters. The number of methoxy groups -OCH3 is 2. The van der Waals surface area contributed by atoms with Gasteiger partial charge >= 0.3 is 0 Å². The molecule has 0 heterocycles. The zero-order valence-electron chi connectivity index (χ0n) is 15.5. The molecule has 6 nitrogen and oxygen atoms in total. The molecule has 0 radical (unpaired) electrons. The number of benzene rings is 2. The zero-order chi connectivity index (χ0) is 19.6. The number of rotatable bonds is 7. The van der Waals surface area contributed by atoms with Gasteiger partial charge in [-0.3, -0.25) is 15.6 Å². The van der Waals surface area contributed by atoms with Gasteiger partial charge in [-0.2, -0.15) is 0 Å². The molecule has 0 spiro atoms. The maximum Gasteiger partial charge on any atom is 0.248 e. The van der Waals surface area contributed by atoms with Crippen LogP contribution < -0.4 is 25.6 Å². The van der Waals surface area contributed by atoms with Crippen LogP contribution in [-0.2, 0) is 10.5 Å². The zero-order valence-corrected chi connectivity index (χ0v) is 17.1. The second-order valence-electron chi connectivity index (χ2n) is 5.67. The van der Waals surface area contributed by atoms with E-state index in [4.69, 9.17) is 21.7 Å². The average molecular weight is 406 g/mol. The van der Waals surface area contributed by atoms with Crippen molar-refractivity contribution in [2.45, 2.75) is 12.7 Å². The van der Waals surface area contributed by atoms with Crippen molar-refractivity contribution in [1.82, 2.24) is 10.9 Å². The van der Waals surface area contributed by atoms with Crippen LogP contribution in [0.5, 0.6) is 11.5 Å². The lowest BCUT2D eigenvalue weighted by atomic mass is 10.2. The predicted molar refractivity (Wildman–Crippen MR) is 114 cm³/mol. The molecular weight excluding hydrogens is 382 g/mol. The van der Waals surface area contributed by atoms with Crippen LogP contribution in [0.1, 0.15) is 11.1 Å². The number of anilines is 1. The SMILES string of the molecule is COc1ccc(NC(=S)NNC(=O)CSCc2ccc(C)cc2)c(OC)c1. The molecule has 2 aromatic carbocycles. The number of ether oxygens (including phenoxy) is 2. The first-order valence-corrected chi connectivity index (χ1v) is 9.79. The molecule has 144 valence electrons. The van der Waals surface area contributed by atoms with Crippen LogP contribution in [0.25, 0.3) is 0 Å². The third-order valence-corrected chi connectivity index (χ3v) is 4.80. The number of carbonyl (C=O) groups excluding carboxylic acids is 1. The van der Waals surface area contributed by atoms with Gasteiger partial charge < -0.3 is 14.8 Å². The molecule has 0 aliphatic carbocycles. The molecule has 0 atom stereocenters. The van der Waals surface area contributed by atoms with E-state index >= 15 is 0 Å². The van der Waals surface area contributed by atoms with Crippen molar-refractivity contribution in [2.75, 3.05) is 25.3 Å². The van der Waals surface area contributed by atoms with Crippen LogP contribution in [0.4, 0.5) is 5.69 Å². The first-order chi connectivity index (χ1) is 13.0. The third kappa shape index (κ3) is 6.99. The molecule has 3 N–H and O–H groups in total. The van der Waals surface area contributed by atoms with Crippen LogP contribution in [0.3, 0.4) is 0 Å². The average Bonchev–Trinajstić information content (AvgIpc) is 2.68. The minimum atomic E-state index is -0.155. The Morgan fingerprint density at radius 1 is 1.07 bits per heavy atom. The van der Waals surface area contributed by atoms with Crippen LogP contribution in [0.15, 0.2) is 42.5 Å². The molecule has 0 fully saturated rings. The molecule has 0 aromatic heterocycles. The summed E-state index contributed by atoms with van der Waals surface area (Å²) in [5, 5.41) is 3.23. The molecule has 8 heteroatoms. The smallest absolute Gasteiger partial charge is 0.248 e. The van der Waals surface area contributed by atoms with E-state index in [2.05, 4.69) is 47.4 Å². The number of thioether (sulfide) groups is 1. The van der Waals surface area contributed by atoms with Gasteiger partial charge in [-0.1, -0.05) is 29.8 Å². The van der Waals surface area contributed by atoms with Crippen molar-refractivity contribution in [3.63, 3.8) is 0 Å². The van der Waals surface area contributed by atoms with Gasteiger partial charge in [0.25, 0.3) is 0 Å². The van der Waals surface area contributed by atoms with E-state index in [0.29, 0.717) is 22.9 Å². The number of thiocarbonyl (C=S) groups is 1. The fraction of sp³-hybridized carbons (Fsp3) is 0.263. The van der Waals surface area contributed by atoms with Gasteiger partial charge in [0.15, 0.2) is 5.11 Å². The number of carbonyl (C=O) groups is 1. The molecule has 0 aliphatic heterocycles.